The van der Waals surface area contributed by atoms with Crippen molar-refractivity contribution in [2.45, 2.75) is 20.3 Å². The SMILES string of the molecule is Cc1cccc2[nH]cc(C(=O)C3CCOCC3C)c12. The molecule has 3 rings (SSSR count). The van der Waals surface area contributed by atoms with E-state index in [1.54, 1.807) is 0 Å². The van der Waals surface area contributed by atoms with Crippen molar-refractivity contribution in [2.75, 3.05) is 13.2 Å². The lowest BCUT2D eigenvalue weighted by Crippen LogP contribution is -2.31. The molecule has 1 N–H and O–H groups in total. The van der Waals surface area contributed by atoms with Crippen LogP contribution < -0.4 is 0 Å². The predicted molar refractivity (Wildman–Crippen MR) is 75.5 cm³/mol. The van der Waals surface area contributed by atoms with Gasteiger partial charge in [-0.1, -0.05) is 19.1 Å². The number of Topliss-reactive ketones (excluding diaryl/α,β-unsaturated/α-hetero) is 1. The Hall–Kier alpha value is -1.61. The quantitative estimate of drug-likeness (QED) is 0.838. The summed E-state index contributed by atoms with van der Waals surface area (Å²) in [7, 11) is 0. The number of benzene rings is 1. The number of nitrogens with one attached hydrogen (secondary N) is 1. The molecule has 3 nitrogen and oxygen atoms in total. The summed E-state index contributed by atoms with van der Waals surface area (Å²) in [5.41, 5.74) is 3.04. The molecule has 0 radical (unpaired) electrons. The van der Waals surface area contributed by atoms with Crippen LogP contribution >= 0.6 is 0 Å². The Balaban J connectivity index is 2.02. The highest BCUT2D eigenvalue weighted by atomic mass is 16.5. The summed E-state index contributed by atoms with van der Waals surface area (Å²) in [6, 6.07) is 6.09. The lowest BCUT2D eigenvalue weighted by molar-refractivity contribution is 0.0242. The molecule has 19 heavy (non-hydrogen) atoms. The van der Waals surface area contributed by atoms with Crippen LogP contribution in [0.25, 0.3) is 10.9 Å². The molecule has 1 aliphatic heterocycles. The van der Waals surface area contributed by atoms with Crippen LogP contribution in [0.1, 0.15) is 29.3 Å². The third kappa shape index (κ3) is 2.08. The highest BCUT2D eigenvalue weighted by molar-refractivity contribution is 6.10. The number of fused-ring (bicyclic) bond motifs is 1. The van der Waals surface area contributed by atoms with Gasteiger partial charge in [-0.25, -0.2) is 0 Å². The van der Waals surface area contributed by atoms with Crippen LogP contribution in [0.15, 0.2) is 24.4 Å². The number of rotatable bonds is 2. The third-order valence-corrected chi connectivity index (χ3v) is 4.16. The Labute approximate surface area is 113 Å². The standard InChI is InChI=1S/C16H19NO2/c1-10-4-3-5-14-15(10)13(8-17-14)16(18)12-6-7-19-9-11(12)2/h3-5,8,11-12,17H,6-7,9H2,1-2H3. The van der Waals surface area contributed by atoms with Crippen LogP contribution in [0.3, 0.4) is 0 Å². The van der Waals surface area contributed by atoms with E-state index in [2.05, 4.69) is 24.9 Å². The number of aryl methyl sites for hydroxylation is 1. The average molecular weight is 257 g/mol. The molecule has 1 aromatic heterocycles. The lowest BCUT2D eigenvalue weighted by Gasteiger charge is -2.27. The van der Waals surface area contributed by atoms with Gasteiger partial charge in [0.2, 0.25) is 0 Å². The Kier molecular flexibility index (Phi) is 3.15. The molecule has 100 valence electrons. The van der Waals surface area contributed by atoms with E-state index in [1.165, 1.54) is 0 Å². The zero-order valence-electron chi connectivity index (χ0n) is 11.4. The summed E-state index contributed by atoms with van der Waals surface area (Å²) < 4.78 is 5.43. The van der Waals surface area contributed by atoms with Crippen LogP contribution in [-0.4, -0.2) is 24.0 Å². The fourth-order valence-corrected chi connectivity index (χ4v) is 3.03. The van der Waals surface area contributed by atoms with Crippen LogP contribution in [0, 0.1) is 18.8 Å². The van der Waals surface area contributed by atoms with Gasteiger partial charge in [-0.3, -0.25) is 4.79 Å². The van der Waals surface area contributed by atoms with E-state index in [-0.39, 0.29) is 11.7 Å². The topological polar surface area (TPSA) is 42.1 Å². The lowest BCUT2D eigenvalue weighted by atomic mass is 9.83. The smallest absolute Gasteiger partial charge is 0.168 e. The zero-order chi connectivity index (χ0) is 13.4. The summed E-state index contributed by atoms with van der Waals surface area (Å²) in [6.45, 7) is 5.55. The van der Waals surface area contributed by atoms with E-state index in [9.17, 15) is 4.79 Å². The minimum absolute atomic E-state index is 0.0901. The summed E-state index contributed by atoms with van der Waals surface area (Å²) in [5.74, 6) is 0.652. The minimum atomic E-state index is 0.0901. The monoisotopic (exact) mass is 257 g/mol. The molecular formula is C16H19NO2. The number of carbonyl (C=O) groups is 1. The highest BCUT2D eigenvalue weighted by Crippen LogP contribution is 2.30. The molecule has 0 amide bonds. The first-order chi connectivity index (χ1) is 9.18. The van der Waals surface area contributed by atoms with Gasteiger partial charge in [0.1, 0.15) is 0 Å². The molecule has 0 aliphatic carbocycles. The molecule has 2 heterocycles. The van der Waals surface area contributed by atoms with Crippen LogP contribution in [0.2, 0.25) is 0 Å². The van der Waals surface area contributed by atoms with Gasteiger partial charge in [0.05, 0.1) is 0 Å². The van der Waals surface area contributed by atoms with E-state index in [0.717, 1.165) is 28.5 Å². The molecule has 1 aromatic carbocycles. The van der Waals surface area contributed by atoms with Crippen LogP contribution in [-0.2, 0) is 4.74 Å². The number of ether oxygens (including phenoxy) is 1. The maximum atomic E-state index is 12.8. The Morgan fingerprint density at radius 3 is 3.05 bits per heavy atom. The van der Waals surface area contributed by atoms with Crippen molar-refractivity contribution in [3.05, 3.63) is 35.5 Å². The van der Waals surface area contributed by atoms with Gasteiger partial charge in [0, 0.05) is 41.8 Å². The average Bonchev–Trinajstić information content (AvgIpc) is 2.84. The summed E-state index contributed by atoms with van der Waals surface area (Å²) in [4.78, 5) is 16.0. The summed E-state index contributed by atoms with van der Waals surface area (Å²) in [5, 5.41) is 1.08. The van der Waals surface area contributed by atoms with E-state index < -0.39 is 0 Å². The molecule has 3 heteroatoms. The van der Waals surface area contributed by atoms with Crippen LogP contribution in [0.5, 0.6) is 0 Å². The van der Waals surface area contributed by atoms with Gasteiger partial charge in [-0.05, 0) is 30.9 Å². The number of H-pyrrole nitrogens is 1. The largest absolute Gasteiger partial charge is 0.381 e. The molecule has 2 aromatic rings. The van der Waals surface area contributed by atoms with Crippen molar-refractivity contribution in [1.29, 1.82) is 0 Å². The van der Waals surface area contributed by atoms with Crippen molar-refractivity contribution in [1.82, 2.24) is 4.98 Å². The van der Waals surface area contributed by atoms with E-state index >= 15 is 0 Å². The first-order valence-corrected chi connectivity index (χ1v) is 6.87. The molecule has 2 atom stereocenters. The highest BCUT2D eigenvalue weighted by Gasteiger charge is 2.30. The number of aromatic amines is 1. The van der Waals surface area contributed by atoms with Crippen molar-refractivity contribution in [2.24, 2.45) is 11.8 Å². The zero-order valence-corrected chi connectivity index (χ0v) is 11.4. The molecule has 0 spiro atoms. The van der Waals surface area contributed by atoms with E-state index in [0.29, 0.717) is 19.1 Å². The first-order valence-electron chi connectivity index (χ1n) is 6.87. The van der Waals surface area contributed by atoms with Crippen molar-refractivity contribution < 1.29 is 9.53 Å². The second-order valence-corrected chi connectivity index (χ2v) is 5.51. The maximum absolute atomic E-state index is 12.8. The van der Waals surface area contributed by atoms with Gasteiger partial charge < -0.3 is 9.72 Å². The van der Waals surface area contributed by atoms with Crippen molar-refractivity contribution >= 4 is 16.7 Å². The first kappa shape index (κ1) is 12.4. The second kappa shape index (κ2) is 4.82. The Bertz CT molecular complexity index is 614. The number of hydrogen-bond acceptors (Lipinski definition) is 2. The van der Waals surface area contributed by atoms with Crippen molar-refractivity contribution in [3.8, 4) is 0 Å². The van der Waals surface area contributed by atoms with Crippen molar-refractivity contribution in [3.63, 3.8) is 0 Å². The number of hydrogen-bond donors (Lipinski definition) is 1. The fourth-order valence-electron chi connectivity index (χ4n) is 3.03. The fraction of sp³-hybridized carbons (Fsp3) is 0.438. The second-order valence-electron chi connectivity index (χ2n) is 5.51. The number of carbonyl (C=O) groups excluding carboxylic acids is 1. The number of aromatic nitrogens is 1. The number of ketones is 1. The molecular weight excluding hydrogens is 238 g/mol. The Morgan fingerprint density at radius 2 is 2.26 bits per heavy atom. The summed E-state index contributed by atoms with van der Waals surface area (Å²) in [6.07, 6.45) is 2.70. The van der Waals surface area contributed by atoms with Gasteiger partial charge >= 0.3 is 0 Å². The van der Waals surface area contributed by atoms with E-state index in [4.69, 9.17) is 4.74 Å². The van der Waals surface area contributed by atoms with Gasteiger partial charge in [-0.2, -0.15) is 0 Å². The predicted octanol–water partition coefficient (Wildman–Crippen LogP) is 3.33. The van der Waals surface area contributed by atoms with Gasteiger partial charge in [0.25, 0.3) is 0 Å². The van der Waals surface area contributed by atoms with Gasteiger partial charge in [-0.15, -0.1) is 0 Å². The summed E-state index contributed by atoms with van der Waals surface area (Å²) >= 11 is 0. The molecule has 0 saturated carbocycles. The minimum Gasteiger partial charge on any atom is -0.381 e. The van der Waals surface area contributed by atoms with Gasteiger partial charge in [0.15, 0.2) is 5.78 Å². The molecule has 0 bridgehead atoms. The molecule has 1 aliphatic rings. The normalized spacial score (nSPS) is 23.7. The van der Waals surface area contributed by atoms with Crippen LogP contribution in [0.4, 0.5) is 0 Å². The van der Waals surface area contributed by atoms with E-state index in [1.807, 2.05) is 18.3 Å². The molecule has 2 unspecified atom stereocenters. The maximum Gasteiger partial charge on any atom is 0.168 e. The Morgan fingerprint density at radius 1 is 1.42 bits per heavy atom. The molecule has 1 saturated heterocycles. The third-order valence-electron chi connectivity index (χ3n) is 4.16. The molecule has 1 fully saturated rings.